The van der Waals surface area contributed by atoms with E-state index in [1.807, 2.05) is 24.3 Å². The number of hydrogen-bond acceptors (Lipinski definition) is 5. The Hall–Kier alpha value is -3.71. The lowest BCUT2D eigenvalue weighted by Gasteiger charge is -2.24. The van der Waals surface area contributed by atoms with Crippen molar-refractivity contribution in [3.63, 3.8) is 0 Å². The number of methoxy groups -OCH3 is 2. The highest BCUT2D eigenvalue weighted by atomic mass is 35.5. The maximum absolute atomic E-state index is 13.1. The van der Waals surface area contributed by atoms with E-state index in [-0.39, 0.29) is 11.8 Å². The van der Waals surface area contributed by atoms with E-state index in [9.17, 15) is 9.59 Å². The van der Waals surface area contributed by atoms with Crippen LogP contribution >= 0.6 is 11.6 Å². The van der Waals surface area contributed by atoms with Crippen LogP contribution in [0.15, 0.2) is 60.7 Å². The van der Waals surface area contributed by atoms with Gasteiger partial charge in [0, 0.05) is 29.9 Å². The van der Waals surface area contributed by atoms with E-state index in [1.165, 1.54) is 0 Å². The summed E-state index contributed by atoms with van der Waals surface area (Å²) in [4.78, 5) is 27.5. The summed E-state index contributed by atoms with van der Waals surface area (Å²) in [6.07, 6.45) is -0.665. The average molecular weight is 481 g/mol. The number of fused-ring (bicyclic) bond motifs is 1. The highest BCUT2D eigenvalue weighted by molar-refractivity contribution is 6.34. The van der Waals surface area contributed by atoms with Crippen molar-refractivity contribution in [2.24, 2.45) is 0 Å². The van der Waals surface area contributed by atoms with Crippen LogP contribution in [0.4, 0.5) is 5.69 Å². The molecule has 1 heterocycles. The molecule has 1 aliphatic rings. The molecule has 0 bridgehead atoms. The number of rotatable bonds is 6. The van der Waals surface area contributed by atoms with Gasteiger partial charge in [-0.15, -0.1) is 0 Å². The standard InChI is InChI=1S/C26H25ClN2O5/c1-16-26(31)29(14-17-7-6-10-23(32-2)24(17)33-3)15-18-13-19(11-12-22(18)34-16)28-25(30)20-8-4-5-9-21(20)27/h4-13,16H,14-15H2,1-3H3,(H,28,30)/t16-/m0/s1. The third-order valence-electron chi connectivity index (χ3n) is 5.61. The number of anilines is 1. The van der Waals surface area contributed by atoms with Crippen molar-refractivity contribution in [2.45, 2.75) is 26.1 Å². The van der Waals surface area contributed by atoms with Crippen LogP contribution in [0.2, 0.25) is 5.02 Å². The van der Waals surface area contributed by atoms with Crippen LogP contribution in [0.3, 0.4) is 0 Å². The van der Waals surface area contributed by atoms with Crippen molar-refractivity contribution < 1.29 is 23.8 Å². The first kappa shape index (κ1) is 23.4. The van der Waals surface area contributed by atoms with E-state index in [0.717, 1.165) is 11.1 Å². The van der Waals surface area contributed by atoms with Gasteiger partial charge in [-0.05, 0) is 43.3 Å². The normalized spacial score (nSPS) is 15.1. The second kappa shape index (κ2) is 10.1. The maximum Gasteiger partial charge on any atom is 0.263 e. The molecule has 176 valence electrons. The first-order valence-electron chi connectivity index (χ1n) is 10.8. The summed E-state index contributed by atoms with van der Waals surface area (Å²) in [5.74, 6) is 1.30. The van der Waals surface area contributed by atoms with Gasteiger partial charge in [0.2, 0.25) is 0 Å². The summed E-state index contributed by atoms with van der Waals surface area (Å²) in [5.41, 5.74) is 2.55. The monoisotopic (exact) mass is 480 g/mol. The minimum absolute atomic E-state index is 0.150. The summed E-state index contributed by atoms with van der Waals surface area (Å²) in [6.45, 7) is 2.33. The number of carbonyl (C=O) groups excluding carboxylic acids is 2. The van der Waals surface area contributed by atoms with Gasteiger partial charge >= 0.3 is 0 Å². The number of para-hydroxylation sites is 1. The first-order valence-corrected chi connectivity index (χ1v) is 11.1. The molecule has 8 heteroatoms. The molecule has 0 spiro atoms. The Balaban J connectivity index is 1.61. The lowest BCUT2D eigenvalue weighted by Crippen LogP contribution is -2.37. The lowest BCUT2D eigenvalue weighted by atomic mass is 10.1. The van der Waals surface area contributed by atoms with E-state index in [0.29, 0.717) is 46.6 Å². The molecule has 1 atom stereocenters. The van der Waals surface area contributed by atoms with Crippen molar-refractivity contribution in [1.82, 2.24) is 4.90 Å². The zero-order valence-electron chi connectivity index (χ0n) is 19.1. The molecule has 2 amide bonds. The number of halogens is 1. The molecule has 0 radical (unpaired) electrons. The Morgan fingerprint density at radius 1 is 1.12 bits per heavy atom. The number of nitrogens with one attached hydrogen (secondary N) is 1. The molecule has 0 saturated carbocycles. The third-order valence-corrected chi connectivity index (χ3v) is 5.94. The van der Waals surface area contributed by atoms with Gasteiger partial charge in [-0.3, -0.25) is 9.59 Å². The molecule has 0 aromatic heterocycles. The van der Waals surface area contributed by atoms with Crippen LogP contribution in [0, 0.1) is 0 Å². The molecule has 0 unspecified atom stereocenters. The second-order valence-electron chi connectivity index (χ2n) is 7.86. The molecule has 0 aliphatic carbocycles. The van der Waals surface area contributed by atoms with Crippen LogP contribution < -0.4 is 19.5 Å². The van der Waals surface area contributed by atoms with E-state index >= 15 is 0 Å². The topological polar surface area (TPSA) is 77.1 Å². The average Bonchev–Trinajstić information content (AvgIpc) is 2.95. The van der Waals surface area contributed by atoms with Crippen LogP contribution in [-0.2, 0) is 17.9 Å². The van der Waals surface area contributed by atoms with Crippen molar-refractivity contribution in [1.29, 1.82) is 0 Å². The number of hydrogen-bond donors (Lipinski definition) is 1. The summed E-state index contributed by atoms with van der Waals surface area (Å²) in [5, 5.41) is 3.24. The molecule has 3 aromatic rings. The van der Waals surface area contributed by atoms with Gasteiger partial charge < -0.3 is 24.4 Å². The Bertz CT molecular complexity index is 1230. The Kier molecular flexibility index (Phi) is 6.93. The van der Waals surface area contributed by atoms with Crippen LogP contribution in [0.5, 0.6) is 17.2 Å². The third kappa shape index (κ3) is 4.79. The molecule has 3 aromatic carbocycles. The molecule has 0 fully saturated rings. The smallest absolute Gasteiger partial charge is 0.263 e. The highest BCUT2D eigenvalue weighted by Gasteiger charge is 2.29. The van der Waals surface area contributed by atoms with Crippen LogP contribution in [0.25, 0.3) is 0 Å². The fraction of sp³-hybridized carbons (Fsp3) is 0.231. The van der Waals surface area contributed by atoms with Gasteiger partial charge in [-0.25, -0.2) is 0 Å². The van der Waals surface area contributed by atoms with Gasteiger partial charge in [0.1, 0.15) is 5.75 Å². The minimum atomic E-state index is -0.665. The predicted molar refractivity (Wildman–Crippen MR) is 130 cm³/mol. The molecular formula is C26H25ClN2O5. The summed E-state index contributed by atoms with van der Waals surface area (Å²) in [6, 6.07) is 17.7. The quantitative estimate of drug-likeness (QED) is 0.542. The maximum atomic E-state index is 13.1. The number of ether oxygens (including phenoxy) is 3. The molecule has 34 heavy (non-hydrogen) atoms. The Morgan fingerprint density at radius 3 is 2.65 bits per heavy atom. The van der Waals surface area contributed by atoms with E-state index < -0.39 is 6.10 Å². The number of benzene rings is 3. The Labute approximate surface area is 203 Å². The molecule has 4 rings (SSSR count). The van der Waals surface area contributed by atoms with Gasteiger partial charge in [0.25, 0.3) is 11.8 Å². The molecule has 1 aliphatic heterocycles. The zero-order valence-corrected chi connectivity index (χ0v) is 19.9. The first-order chi connectivity index (χ1) is 16.4. The van der Waals surface area contributed by atoms with Crippen molar-refractivity contribution >= 4 is 29.1 Å². The van der Waals surface area contributed by atoms with Crippen LogP contribution in [0.1, 0.15) is 28.4 Å². The number of nitrogens with zero attached hydrogens (tertiary/aromatic N) is 1. The highest BCUT2D eigenvalue weighted by Crippen LogP contribution is 2.34. The number of amides is 2. The summed E-state index contributed by atoms with van der Waals surface area (Å²) < 4.78 is 16.8. The predicted octanol–water partition coefficient (Wildman–Crippen LogP) is 4.92. The second-order valence-corrected chi connectivity index (χ2v) is 8.27. The lowest BCUT2D eigenvalue weighted by molar-refractivity contribution is -0.138. The van der Waals surface area contributed by atoms with Crippen LogP contribution in [-0.4, -0.2) is 37.0 Å². The fourth-order valence-electron chi connectivity index (χ4n) is 3.94. The largest absolute Gasteiger partial charge is 0.493 e. The van der Waals surface area contributed by atoms with Crippen molar-refractivity contribution in [3.8, 4) is 17.2 Å². The van der Waals surface area contributed by atoms with Gasteiger partial charge in [-0.1, -0.05) is 35.9 Å². The number of carbonyl (C=O) groups is 2. The fourth-order valence-corrected chi connectivity index (χ4v) is 4.16. The van der Waals surface area contributed by atoms with Crippen molar-refractivity contribution in [3.05, 3.63) is 82.4 Å². The van der Waals surface area contributed by atoms with Gasteiger partial charge in [0.05, 0.1) is 24.8 Å². The molecular weight excluding hydrogens is 456 g/mol. The Morgan fingerprint density at radius 2 is 1.91 bits per heavy atom. The van der Waals surface area contributed by atoms with Gasteiger partial charge in [-0.2, -0.15) is 0 Å². The zero-order chi connectivity index (χ0) is 24.2. The summed E-state index contributed by atoms with van der Waals surface area (Å²) >= 11 is 6.15. The van der Waals surface area contributed by atoms with Crippen molar-refractivity contribution in [2.75, 3.05) is 19.5 Å². The van der Waals surface area contributed by atoms with Gasteiger partial charge in [0.15, 0.2) is 17.6 Å². The van der Waals surface area contributed by atoms with E-state index in [2.05, 4.69) is 5.32 Å². The SMILES string of the molecule is COc1cccc(CN2Cc3cc(NC(=O)c4ccccc4Cl)ccc3O[C@@H](C)C2=O)c1OC. The molecule has 0 saturated heterocycles. The summed E-state index contributed by atoms with van der Waals surface area (Å²) in [7, 11) is 3.14. The molecule has 7 nitrogen and oxygen atoms in total. The molecule has 1 N–H and O–H groups in total. The minimum Gasteiger partial charge on any atom is -0.493 e. The van der Waals surface area contributed by atoms with E-state index in [1.54, 1.807) is 62.4 Å². The van der Waals surface area contributed by atoms with E-state index in [4.69, 9.17) is 25.8 Å².